The number of methoxy groups -OCH3 is 1. The molecule has 0 aromatic heterocycles. The molecule has 0 spiro atoms. The van der Waals surface area contributed by atoms with Gasteiger partial charge in [-0.2, -0.15) is 0 Å². The van der Waals surface area contributed by atoms with Crippen molar-refractivity contribution in [1.29, 1.82) is 0 Å². The monoisotopic (exact) mass is 365 g/mol. The number of rotatable bonds is 3. The predicted molar refractivity (Wildman–Crippen MR) is 108 cm³/mol. The molecule has 0 radical (unpaired) electrons. The van der Waals surface area contributed by atoms with Gasteiger partial charge >= 0.3 is 0 Å². The van der Waals surface area contributed by atoms with Crippen LogP contribution in [0.15, 0.2) is 30.3 Å². The number of hydrogen-bond donors (Lipinski definition) is 2. The van der Waals surface area contributed by atoms with Gasteiger partial charge < -0.3 is 25.0 Å². The molecule has 3 aliphatic rings. The Kier molecular flexibility index (Phi) is 4.21. The number of benzene rings is 2. The summed E-state index contributed by atoms with van der Waals surface area (Å²) in [6, 6.07) is 11.5. The van der Waals surface area contributed by atoms with E-state index in [9.17, 15) is 0 Å². The average molecular weight is 365 g/mol. The molecule has 5 heteroatoms. The van der Waals surface area contributed by atoms with Crippen LogP contribution in [0.5, 0.6) is 5.75 Å². The second-order valence-corrected chi connectivity index (χ2v) is 7.80. The van der Waals surface area contributed by atoms with Gasteiger partial charge in [-0.05, 0) is 61.3 Å². The number of ether oxygens (including phenoxy) is 2. The van der Waals surface area contributed by atoms with Gasteiger partial charge in [-0.15, -0.1) is 0 Å². The summed E-state index contributed by atoms with van der Waals surface area (Å²) in [6.07, 6.45) is 1.21. The lowest BCUT2D eigenvalue weighted by molar-refractivity contribution is 0.130. The second-order valence-electron chi connectivity index (χ2n) is 7.80. The van der Waals surface area contributed by atoms with E-state index < -0.39 is 0 Å². The molecule has 0 unspecified atom stereocenters. The molecule has 2 atom stereocenters. The summed E-state index contributed by atoms with van der Waals surface area (Å²) in [5.41, 5.74) is 7.58. The lowest BCUT2D eigenvalue weighted by Gasteiger charge is -2.33. The Balaban J connectivity index is 1.53. The third-order valence-corrected chi connectivity index (χ3v) is 6.17. The number of anilines is 3. The maximum Gasteiger partial charge on any atom is 0.121 e. The molecule has 0 aliphatic carbocycles. The first kappa shape index (κ1) is 16.9. The van der Waals surface area contributed by atoms with Crippen molar-refractivity contribution in [3.63, 3.8) is 0 Å². The van der Waals surface area contributed by atoms with Crippen molar-refractivity contribution in [3.8, 4) is 5.75 Å². The van der Waals surface area contributed by atoms with E-state index in [-0.39, 0.29) is 0 Å². The zero-order valence-electron chi connectivity index (χ0n) is 16.0. The number of fused-ring (bicyclic) bond motifs is 3. The second kappa shape index (κ2) is 6.73. The molecule has 0 amide bonds. The van der Waals surface area contributed by atoms with Crippen LogP contribution in [0.3, 0.4) is 0 Å². The quantitative estimate of drug-likeness (QED) is 0.871. The standard InChI is InChI=1S/C22H27N3O2/c1-14-9-16(3-4-21(14)26-2)24-17-10-15-13-27-8-7-25-20-5-6-23-12-19(20)18(11-17)22(15)25/h3-4,9-11,19-20,23-24H,5-8,12-13H2,1-2H3/t19-,20-/m0/s1. The van der Waals surface area contributed by atoms with Crippen LogP contribution in [0, 0.1) is 6.92 Å². The Hall–Kier alpha value is -2.24. The summed E-state index contributed by atoms with van der Waals surface area (Å²) < 4.78 is 11.3. The summed E-state index contributed by atoms with van der Waals surface area (Å²) in [7, 11) is 1.71. The van der Waals surface area contributed by atoms with Gasteiger partial charge in [-0.1, -0.05) is 0 Å². The lowest BCUT2D eigenvalue weighted by atomic mass is 9.89. The van der Waals surface area contributed by atoms with Crippen LogP contribution in [-0.4, -0.2) is 39.4 Å². The van der Waals surface area contributed by atoms with Gasteiger partial charge in [-0.25, -0.2) is 0 Å². The lowest BCUT2D eigenvalue weighted by Crippen LogP contribution is -2.44. The fourth-order valence-electron chi connectivity index (χ4n) is 4.98. The predicted octanol–water partition coefficient (Wildman–Crippen LogP) is 3.54. The van der Waals surface area contributed by atoms with Crippen LogP contribution in [0.2, 0.25) is 0 Å². The number of hydrogen-bond acceptors (Lipinski definition) is 5. The van der Waals surface area contributed by atoms with Crippen molar-refractivity contribution in [2.24, 2.45) is 0 Å². The van der Waals surface area contributed by atoms with Gasteiger partial charge in [0.05, 0.1) is 20.3 Å². The number of nitrogens with zero attached hydrogens (tertiary/aromatic N) is 1. The van der Waals surface area contributed by atoms with Crippen molar-refractivity contribution in [2.45, 2.75) is 31.9 Å². The van der Waals surface area contributed by atoms with Crippen molar-refractivity contribution < 1.29 is 9.47 Å². The van der Waals surface area contributed by atoms with Gasteiger partial charge in [0.2, 0.25) is 0 Å². The SMILES string of the molecule is COc1ccc(Nc2cc3c4c(c2)[C@@H]2CNCC[C@@H]2N4CCOC3)cc1C. The first-order valence-electron chi connectivity index (χ1n) is 9.88. The van der Waals surface area contributed by atoms with E-state index >= 15 is 0 Å². The Morgan fingerprint density at radius 2 is 2.15 bits per heavy atom. The van der Waals surface area contributed by atoms with E-state index in [1.165, 1.54) is 23.2 Å². The highest BCUT2D eigenvalue weighted by molar-refractivity contribution is 5.74. The zero-order chi connectivity index (χ0) is 18.4. The molecule has 2 aromatic carbocycles. The molecule has 0 saturated carbocycles. The molecular formula is C22H27N3O2. The van der Waals surface area contributed by atoms with E-state index in [4.69, 9.17) is 9.47 Å². The molecule has 3 aliphatic heterocycles. The third kappa shape index (κ3) is 2.86. The zero-order valence-corrected chi connectivity index (χ0v) is 16.0. The van der Waals surface area contributed by atoms with E-state index in [1.54, 1.807) is 7.11 Å². The summed E-state index contributed by atoms with van der Waals surface area (Å²) in [5.74, 6) is 1.49. The Labute approximate surface area is 160 Å². The highest BCUT2D eigenvalue weighted by Crippen LogP contribution is 2.47. The topological polar surface area (TPSA) is 45.8 Å². The Bertz CT molecular complexity index is 867. The van der Waals surface area contributed by atoms with Gasteiger partial charge in [0, 0.05) is 47.7 Å². The molecule has 142 valence electrons. The smallest absolute Gasteiger partial charge is 0.121 e. The first-order chi connectivity index (χ1) is 13.2. The molecule has 27 heavy (non-hydrogen) atoms. The molecule has 2 N–H and O–H groups in total. The van der Waals surface area contributed by atoms with E-state index in [0.29, 0.717) is 18.6 Å². The third-order valence-electron chi connectivity index (χ3n) is 6.17. The van der Waals surface area contributed by atoms with Crippen molar-refractivity contribution >= 4 is 17.1 Å². The summed E-state index contributed by atoms with van der Waals surface area (Å²) in [4.78, 5) is 2.62. The number of nitrogens with one attached hydrogen (secondary N) is 2. The normalized spacial score (nSPS) is 23.4. The minimum atomic E-state index is 0.574. The van der Waals surface area contributed by atoms with Crippen molar-refractivity contribution in [1.82, 2.24) is 5.32 Å². The largest absolute Gasteiger partial charge is 0.496 e. The molecule has 5 rings (SSSR count). The minimum absolute atomic E-state index is 0.574. The van der Waals surface area contributed by atoms with Crippen LogP contribution in [0.4, 0.5) is 17.1 Å². The molecule has 5 nitrogen and oxygen atoms in total. The van der Waals surface area contributed by atoms with E-state index in [0.717, 1.165) is 48.9 Å². The summed E-state index contributed by atoms with van der Waals surface area (Å²) in [5, 5.41) is 7.20. The van der Waals surface area contributed by atoms with Gasteiger partial charge in [0.15, 0.2) is 0 Å². The fraction of sp³-hybridized carbons (Fsp3) is 0.455. The Morgan fingerprint density at radius 1 is 1.22 bits per heavy atom. The van der Waals surface area contributed by atoms with Gasteiger partial charge in [0.25, 0.3) is 0 Å². The molecule has 3 heterocycles. The minimum Gasteiger partial charge on any atom is -0.496 e. The van der Waals surface area contributed by atoms with E-state index in [1.807, 2.05) is 6.07 Å². The highest BCUT2D eigenvalue weighted by Gasteiger charge is 2.41. The average Bonchev–Trinajstić information content (AvgIpc) is 2.83. The molecule has 0 bridgehead atoms. The summed E-state index contributed by atoms with van der Waals surface area (Å²) in [6.45, 7) is 6.77. The van der Waals surface area contributed by atoms with Crippen LogP contribution in [0.1, 0.15) is 29.0 Å². The molecule has 1 saturated heterocycles. The van der Waals surface area contributed by atoms with Gasteiger partial charge in [-0.3, -0.25) is 0 Å². The summed E-state index contributed by atoms with van der Waals surface area (Å²) >= 11 is 0. The van der Waals surface area contributed by atoms with Crippen LogP contribution in [-0.2, 0) is 11.3 Å². The number of piperidine rings is 1. The first-order valence-corrected chi connectivity index (χ1v) is 9.88. The molecule has 1 fully saturated rings. The van der Waals surface area contributed by atoms with Crippen LogP contribution >= 0.6 is 0 Å². The molecular weight excluding hydrogens is 338 g/mol. The maximum atomic E-state index is 5.91. The van der Waals surface area contributed by atoms with Crippen LogP contribution < -0.4 is 20.3 Å². The maximum absolute atomic E-state index is 5.91. The van der Waals surface area contributed by atoms with Crippen molar-refractivity contribution in [2.75, 3.05) is 43.6 Å². The van der Waals surface area contributed by atoms with Gasteiger partial charge in [0.1, 0.15) is 5.75 Å². The van der Waals surface area contributed by atoms with Crippen molar-refractivity contribution in [3.05, 3.63) is 47.0 Å². The fourth-order valence-corrected chi connectivity index (χ4v) is 4.98. The Morgan fingerprint density at radius 3 is 3.00 bits per heavy atom. The van der Waals surface area contributed by atoms with E-state index in [2.05, 4.69) is 46.7 Å². The molecule has 2 aromatic rings. The van der Waals surface area contributed by atoms with Crippen LogP contribution in [0.25, 0.3) is 0 Å². The number of aryl methyl sites for hydroxylation is 1. The highest BCUT2D eigenvalue weighted by atomic mass is 16.5.